The maximum Gasteiger partial charge on any atom is 0.329 e. The second-order valence-corrected chi connectivity index (χ2v) is 3.58. The fraction of sp³-hybridized carbons (Fsp3) is 0.500. The molecule has 2 rings (SSSR count). The summed E-state index contributed by atoms with van der Waals surface area (Å²) in [5.41, 5.74) is 0. The highest BCUT2D eigenvalue weighted by Crippen LogP contribution is 2.31. The molecule has 0 amide bonds. The summed E-state index contributed by atoms with van der Waals surface area (Å²) in [6.45, 7) is 3.98. The first-order valence-electron chi connectivity index (χ1n) is 4.53. The van der Waals surface area contributed by atoms with Crippen molar-refractivity contribution in [2.75, 3.05) is 0 Å². The third kappa shape index (κ3) is 1.24. The normalized spacial score (nSPS) is 33.4. The van der Waals surface area contributed by atoms with E-state index >= 15 is 0 Å². The zero-order valence-electron chi connectivity index (χ0n) is 7.81. The van der Waals surface area contributed by atoms with Gasteiger partial charge in [0, 0.05) is 18.3 Å². The number of esters is 1. The Morgan fingerprint density at radius 3 is 2.38 bits per heavy atom. The van der Waals surface area contributed by atoms with Gasteiger partial charge >= 0.3 is 5.97 Å². The molecule has 0 unspecified atom stereocenters. The van der Waals surface area contributed by atoms with Gasteiger partial charge in [-0.3, -0.25) is 0 Å². The molecule has 1 aliphatic heterocycles. The molecule has 1 saturated heterocycles. The molecule has 1 aromatic rings. The number of ether oxygens (including phenoxy) is 1. The zero-order valence-corrected chi connectivity index (χ0v) is 7.81. The van der Waals surface area contributed by atoms with Crippen molar-refractivity contribution in [1.82, 2.24) is 4.57 Å². The predicted molar refractivity (Wildman–Crippen MR) is 48.2 cm³/mol. The van der Waals surface area contributed by atoms with Crippen molar-refractivity contribution in [3.63, 3.8) is 0 Å². The summed E-state index contributed by atoms with van der Waals surface area (Å²) < 4.78 is 7.06. The van der Waals surface area contributed by atoms with Crippen LogP contribution in [0.2, 0.25) is 0 Å². The number of rotatable bonds is 1. The summed E-state index contributed by atoms with van der Waals surface area (Å²) >= 11 is 0. The molecule has 1 aromatic heterocycles. The highest BCUT2D eigenvalue weighted by atomic mass is 16.6. The van der Waals surface area contributed by atoms with E-state index in [0.717, 1.165) is 0 Å². The van der Waals surface area contributed by atoms with Gasteiger partial charge in [-0.05, 0) is 19.1 Å². The average molecular weight is 179 g/mol. The van der Waals surface area contributed by atoms with Crippen molar-refractivity contribution in [2.24, 2.45) is 5.92 Å². The molecule has 3 atom stereocenters. The summed E-state index contributed by atoms with van der Waals surface area (Å²) in [5.74, 6) is 0.135. The second kappa shape index (κ2) is 2.91. The maximum absolute atomic E-state index is 11.5. The smallest absolute Gasteiger partial charge is 0.329 e. The van der Waals surface area contributed by atoms with Crippen LogP contribution in [0, 0.1) is 5.92 Å². The van der Waals surface area contributed by atoms with Crippen LogP contribution >= 0.6 is 0 Å². The van der Waals surface area contributed by atoms with E-state index in [2.05, 4.69) is 0 Å². The van der Waals surface area contributed by atoms with Crippen LogP contribution in [0.4, 0.5) is 0 Å². The molecule has 0 saturated carbocycles. The van der Waals surface area contributed by atoms with Gasteiger partial charge in [-0.2, -0.15) is 0 Å². The van der Waals surface area contributed by atoms with Gasteiger partial charge in [-0.15, -0.1) is 0 Å². The van der Waals surface area contributed by atoms with E-state index in [1.54, 1.807) is 0 Å². The Bertz CT molecular complexity index is 305. The lowest BCUT2D eigenvalue weighted by molar-refractivity contribution is -0.143. The number of cyclic esters (lactones) is 1. The van der Waals surface area contributed by atoms with Gasteiger partial charge in [-0.1, -0.05) is 6.92 Å². The first-order valence-corrected chi connectivity index (χ1v) is 4.53. The lowest BCUT2D eigenvalue weighted by Gasteiger charge is -2.13. The fourth-order valence-corrected chi connectivity index (χ4v) is 1.76. The molecule has 3 heteroatoms. The van der Waals surface area contributed by atoms with E-state index in [-0.39, 0.29) is 24.0 Å². The maximum atomic E-state index is 11.5. The van der Waals surface area contributed by atoms with Crippen molar-refractivity contribution < 1.29 is 9.53 Å². The minimum Gasteiger partial charge on any atom is -0.461 e. The third-order valence-corrected chi connectivity index (χ3v) is 2.73. The molecule has 0 aromatic carbocycles. The lowest BCUT2D eigenvalue weighted by atomic mass is 10.0. The number of hydrogen-bond acceptors (Lipinski definition) is 2. The molecule has 0 bridgehead atoms. The van der Waals surface area contributed by atoms with Crippen molar-refractivity contribution in [2.45, 2.75) is 26.0 Å². The van der Waals surface area contributed by atoms with E-state index in [4.69, 9.17) is 4.74 Å². The van der Waals surface area contributed by atoms with E-state index in [0.29, 0.717) is 0 Å². The molecule has 70 valence electrons. The number of hydrogen-bond donors (Lipinski definition) is 0. The standard InChI is InChI=1S/C10H13NO2/c1-7-8(2)13-10(12)9(7)11-5-3-4-6-11/h3-9H,1-2H3/t7-,8-,9+/m1/s1. The zero-order chi connectivity index (χ0) is 9.42. The molecule has 3 nitrogen and oxygen atoms in total. The Balaban J connectivity index is 2.29. The van der Waals surface area contributed by atoms with E-state index in [1.165, 1.54) is 0 Å². The first-order chi connectivity index (χ1) is 6.20. The minimum absolute atomic E-state index is 0.0277. The van der Waals surface area contributed by atoms with Crippen LogP contribution in [0.5, 0.6) is 0 Å². The topological polar surface area (TPSA) is 31.2 Å². The monoisotopic (exact) mass is 179 g/mol. The van der Waals surface area contributed by atoms with Crippen LogP contribution in [0.1, 0.15) is 19.9 Å². The summed E-state index contributed by atoms with van der Waals surface area (Å²) in [7, 11) is 0. The highest BCUT2D eigenvalue weighted by molar-refractivity contribution is 5.77. The van der Waals surface area contributed by atoms with Gasteiger partial charge in [0.1, 0.15) is 12.1 Å². The van der Waals surface area contributed by atoms with Crippen LogP contribution in [-0.4, -0.2) is 16.6 Å². The largest absolute Gasteiger partial charge is 0.461 e. The number of nitrogens with zero attached hydrogens (tertiary/aromatic N) is 1. The molecule has 0 spiro atoms. The SMILES string of the molecule is C[C@H]1[C@H](n2cccc2)C(=O)O[C@@H]1C. The van der Waals surface area contributed by atoms with Crippen LogP contribution < -0.4 is 0 Å². The van der Waals surface area contributed by atoms with Crippen molar-refractivity contribution in [1.29, 1.82) is 0 Å². The van der Waals surface area contributed by atoms with E-state index < -0.39 is 0 Å². The lowest BCUT2D eigenvalue weighted by Crippen LogP contribution is -2.19. The van der Waals surface area contributed by atoms with Crippen molar-refractivity contribution >= 4 is 5.97 Å². The summed E-state index contributed by atoms with van der Waals surface area (Å²) in [5, 5.41) is 0. The molecular weight excluding hydrogens is 166 g/mol. The van der Waals surface area contributed by atoms with Gasteiger partial charge in [0.25, 0.3) is 0 Å². The van der Waals surface area contributed by atoms with Gasteiger partial charge < -0.3 is 9.30 Å². The Hall–Kier alpha value is -1.25. The Labute approximate surface area is 77.3 Å². The summed E-state index contributed by atoms with van der Waals surface area (Å²) in [6.07, 6.45) is 3.83. The van der Waals surface area contributed by atoms with Gasteiger partial charge in [-0.25, -0.2) is 4.79 Å². The Morgan fingerprint density at radius 1 is 1.31 bits per heavy atom. The number of carbonyl (C=O) groups excluding carboxylic acids is 1. The molecule has 0 N–H and O–H groups in total. The molecule has 13 heavy (non-hydrogen) atoms. The van der Waals surface area contributed by atoms with Crippen LogP contribution in [0.25, 0.3) is 0 Å². The Kier molecular flexibility index (Phi) is 1.87. The fourth-order valence-electron chi connectivity index (χ4n) is 1.76. The number of carbonyl (C=O) groups is 1. The third-order valence-electron chi connectivity index (χ3n) is 2.73. The van der Waals surface area contributed by atoms with Crippen LogP contribution in [0.3, 0.4) is 0 Å². The predicted octanol–water partition coefficient (Wildman–Crippen LogP) is 1.61. The Morgan fingerprint density at radius 2 is 1.92 bits per heavy atom. The minimum atomic E-state index is -0.134. The van der Waals surface area contributed by atoms with Crippen molar-refractivity contribution in [3.8, 4) is 0 Å². The average Bonchev–Trinajstić information content (AvgIpc) is 2.63. The van der Waals surface area contributed by atoms with Gasteiger partial charge in [0.15, 0.2) is 0 Å². The van der Waals surface area contributed by atoms with E-state index in [1.807, 2.05) is 42.9 Å². The van der Waals surface area contributed by atoms with Gasteiger partial charge in [0.2, 0.25) is 0 Å². The van der Waals surface area contributed by atoms with Crippen molar-refractivity contribution in [3.05, 3.63) is 24.5 Å². The van der Waals surface area contributed by atoms with Gasteiger partial charge in [0.05, 0.1) is 0 Å². The molecule has 2 heterocycles. The quantitative estimate of drug-likeness (QED) is 0.613. The molecular formula is C10H13NO2. The molecule has 0 aliphatic carbocycles. The second-order valence-electron chi connectivity index (χ2n) is 3.58. The van der Waals surface area contributed by atoms with Crippen LogP contribution in [0.15, 0.2) is 24.5 Å². The highest BCUT2D eigenvalue weighted by Gasteiger charge is 2.39. The first kappa shape index (κ1) is 8.35. The van der Waals surface area contributed by atoms with Crippen LogP contribution in [-0.2, 0) is 9.53 Å². The number of aromatic nitrogens is 1. The molecule has 0 radical (unpaired) electrons. The molecule has 1 aliphatic rings. The van der Waals surface area contributed by atoms with E-state index in [9.17, 15) is 4.79 Å². The summed E-state index contributed by atoms with van der Waals surface area (Å²) in [6, 6.07) is 3.70. The summed E-state index contributed by atoms with van der Waals surface area (Å²) in [4.78, 5) is 11.5. The molecule has 1 fully saturated rings.